The van der Waals surface area contributed by atoms with Crippen molar-refractivity contribution in [1.29, 1.82) is 0 Å². The summed E-state index contributed by atoms with van der Waals surface area (Å²) in [6.45, 7) is 5.15. The van der Waals surface area contributed by atoms with Gasteiger partial charge in [-0.3, -0.25) is 5.10 Å². The molecule has 1 aliphatic heterocycles. The number of aryl methyl sites for hydroxylation is 1. The predicted octanol–water partition coefficient (Wildman–Crippen LogP) is 2.28. The summed E-state index contributed by atoms with van der Waals surface area (Å²) in [4.78, 5) is 18.2. The van der Waals surface area contributed by atoms with E-state index in [-0.39, 0.29) is 23.9 Å². The van der Waals surface area contributed by atoms with Gasteiger partial charge in [-0.05, 0) is 44.4 Å². The summed E-state index contributed by atoms with van der Waals surface area (Å²) in [5, 5.41) is 12.3. The Morgan fingerprint density at radius 1 is 1.48 bits per heavy atom. The first-order valence-electron chi connectivity index (χ1n) is 8.46. The summed E-state index contributed by atoms with van der Waals surface area (Å²) < 4.78 is 14.1. The molecule has 8 heteroatoms. The van der Waals surface area contributed by atoms with E-state index in [0.29, 0.717) is 18.1 Å². The van der Waals surface area contributed by atoms with E-state index in [0.717, 1.165) is 24.9 Å². The van der Waals surface area contributed by atoms with Crippen LogP contribution >= 0.6 is 0 Å². The van der Waals surface area contributed by atoms with Crippen molar-refractivity contribution in [2.45, 2.75) is 38.8 Å². The summed E-state index contributed by atoms with van der Waals surface area (Å²) in [5.41, 5.74) is 1.62. The highest BCUT2D eigenvalue weighted by molar-refractivity contribution is 5.74. The van der Waals surface area contributed by atoms with Crippen LogP contribution in [0, 0.1) is 12.7 Å². The van der Waals surface area contributed by atoms with Crippen LogP contribution in [0.3, 0.4) is 0 Å². The molecule has 1 saturated heterocycles. The number of urea groups is 1. The van der Waals surface area contributed by atoms with Crippen LogP contribution in [-0.2, 0) is 0 Å². The number of carbonyl (C=O) groups is 1. The van der Waals surface area contributed by atoms with Crippen LogP contribution in [-0.4, -0.2) is 40.3 Å². The number of H-pyrrole nitrogens is 1. The minimum Gasteiger partial charge on any atom is -0.367 e. The SMILES string of the molecule is Cc1ccc(F)c(N2CCC[C@H](NC(=O)N[C@@H](C)c3ncn[nH]3)C2)c1. The monoisotopic (exact) mass is 346 g/mol. The maximum atomic E-state index is 14.1. The predicted molar refractivity (Wildman–Crippen MR) is 92.8 cm³/mol. The van der Waals surface area contributed by atoms with Gasteiger partial charge in [-0.15, -0.1) is 0 Å². The van der Waals surface area contributed by atoms with Crippen LogP contribution in [0.15, 0.2) is 24.5 Å². The van der Waals surface area contributed by atoms with E-state index in [9.17, 15) is 9.18 Å². The number of carbonyl (C=O) groups excluding carboxylic acids is 1. The van der Waals surface area contributed by atoms with Gasteiger partial charge in [0.1, 0.15) is 18.0 Å². The normalized spacial score (nSPS) is 18.7. The molecule has 0 saturated carbocycles. The van der Waals surface area contributed by atoms with Crippen LogP contribution in [0.25, 0.3) is 0 Å². The van der Waals surface area contributed by atoms with E-state index in [1.54, 1.807) is 6.07 Å². The quantitative estimate of drug-likeness (QED) is 0.793. The molecule has 25 heavy (non-hydrogen) atoms. The van der Waals surface area contributed by atoms with E-state index in [1.807, 2.05) is 24.8 Å². The number of hydrogen-bond donors (Lipinski definition) is 3. The van der Waals surface area contributed by atoms with Crippen molar-refractivity contribution in [3.05, 3.63) is 41.7 Å². The molecule has 0 aliphatic carbocycles. The second-order valence-electron chi connectivity index (χ2n) is 6.45. The van der Waals surface area contributed by atoms with Crippen LogP contribution in [0.4, 0.5) is 14.9 Å². The third-order valence-corrected chi connectivity index (χ3v) is 4.39. The topological polar surface area (TPSA) is 85.9 Å². The number of rotatable bonds is 4. The molecule has 0 spiro atoms. The number of halogens is 1. The zero-order valence-corrected chi connectivity index (χ0v) is 14.4. The van der Waals surface area contributed by atoms with E-state index in [4.69, 9.17) is 0 Å². The van der Waals surface area contributed by atoms with Crippen molar-refractivity contribution in [2.75, 3.05) is 18.0 Å². The molecular formula is C17H23FN6O. The molecule has 2 aromatic rings. The average molecular weight is 346 g/mol. The van der Waals surface area contributed by atoms with Gasteiger partial charge in [-0.2, -0.15) is 5.10 Å². The summed E-state index contributed by atoms with van der Waals surface area (Å²) in [6, 6.07) is 4.54. The number of aromatic amines is 1. The smallest absolute Gasteiger partial charge is 0.315 e. The molecule has 3 N–H and O–H groups in total. The van der Waals surface area contributed by atoms with Crippen molar-refractivity contribution < 1.29 is 9.18 Å². The zero-order valence-electron chi connectivity index (χ0n) is 14.4. The molecule has 7 nitrogen and oxygen atoms in total. The fraction of sp³-hybridized carbons (Fsp3) is 0.471. The number of anilines is 1. The van der Waals surface area contributed by atoms with Crippen molar-refractivity contribution in [3.8, 4) is 0 Å². The molecule has 1 aliphatic rings. The van der Waals surface area contributed by atoms with Gasteiger partial charge in [0.05, 0.1) is 11.7 Å². The Bertz CT molecular complexity index is 720. The minimum atomic E-state index is -0.267. The van der Waals surface area contributed by atoms with Gasteiger partial charge in [0.2, 0.25) is 0 Å². The highest BCUT2D eigenvalue weighted by Crippen LogP contribution is 2.24. The van der Waals surface area contributed by atoms with Gasteiger partial charge >= 0.3 is 6.03 Å². The van der Waals surface area contributed by atoms with E-state index >= 15 is 0 Å². The lowest BCUT2D eigenvalue weighted by atomic mass is 10.0. The number of nitrogens with zero attached hydrogens (tertiary/aromatic N) is 3. The van der Waals surface area contributed by atoms with Crippen molar-refractivity contribution >= 4 is 11.7 Å². The molecule has 134 valence electrons. The van der Waals surface area contributed by atoms with Gasteiger partial charge in [0, 0.05) is 19.1 Å². The number of aromatic nitrogens is 3. The third kappa shape index (κ3) is 4.26. The number of piperidine rings is 1. The summed E-state index contributed by atoms with van der Waals surface area (Å²) >= 11 is 0. The average Bonchev–Trinajstić information content (AvgIpc) is 3.12. The van der Waals surface area contributed by atoms with Crippen molar-refractivity contribution in [1.82, 2.24) is 25.8 Å². The Balaban J connectivity index is 1.58. The Morgan fingerprint density at radius 2 is 2.32 bits per heavy atom. The second-order valence-corrected chi connectivity index (χ2v) is 6.45. The Kier molecular flexibility index (Phi) is 5.16. The lowest BCUT2D eigenvalue weighted by molar-refractivity contribution is 0.231. The lowest BCUT2D eigenvalue weighted by Gasteiger charge is -2.35. The Labute approximate surface area is 146 Å². The molecule has 1 aromatic heterocycles. The van der Waals surface area contributed by atoms with Crippen molar-refractivity contribution in [3.63, 3.8) is 0 Å². The fourth-order valence-electron chi connectivity index (χ4n) is 3.09. The van der Waals surface area contributed by atoms with Gasteiger partial charge in [-0.25, -0.2) is 14.2 Å². The summed E-state index contributed by atoms with van der Waals surface area (Å²) in [7, 11) is 0. The maximum Gasteiger partial charge on any atom is 0.315 e. The van der Waals surface area contributed by atoms with Crippen molar-refractivity contribution in [2.24, 2.45) is 0 Å². The van der Waals surface area contributed by atoms with Crippen LogP contribution in [0.2, 0.25) is 0 Å². The largest absolute Gasteiger partial charge is 0.367 e. The van der Waals surface area contributed by atoms with Gasteiger partial charge in [-0.1, -0.05) is 6.07 Å². The molecule has 3 rings (SSSR count). The van der Waals surface area contributed by atoms with E-state index in [2.05, 4.69) is 25.8 Å². The molecular weight excluding hydrogens is 323 g/mol. The van der Waals surface area contributed by atoms with Gasteiger partial charge in [0.15, 0.2) is 0 Å². The number of hydrogen-bond acceptors (Lipinski definition) is 4. The second kappa shape index (κ2) is 7.50. The molecule has 0 bridgehead atoms. The van der Waals surface area contributed by atoms with Crippen LogP contribution in [0.5, 0.6) is 0 Å². The van der Waals surface area contributed by atoms with Gasteiger partial charge in [0.25, 0.3) is 0 Å². The molecule has 0 radical (unpaired) electrons. The van der Waals surface area contributed by atoms with Crippen LogP contribution in [0.1, 0.15) is 37.2 Å². The van der Waals surface area contributed by atoms with E-state index in [1.165, 1.54) is 12.4 Å². The first-order valence-corrected chi connectivity index (χ1v) is 8.46. The highest BCUT2D eigenvalue weighted by Gasteiger charge is 2.24. The van der Waals surface area contributed by atoms with Gasteiger partial charge < -0.3 is 15.5 Å². The summed E-state index contributed by atoms with van der Waals surface area (Å²) in [6.07, 6.45) is 3.17. The number of nitrogens with one attached hydrogen (secondary N) is 3. The zero-order chi connectivity index (χ0) is 17.8. The minimum absolute atomic E-state index is 0.0319. The number of amides is 2. The fourth-order valence-corrected chi connectivity index (χ4v) is 3.09. The summed E-state index contributed by atoms with van der Waals surface area (Å²) in [5.74, 6) is 0.372. The maximum absolute atomic E-state index is 14.1. The standard InChI is InChI=1S/C17H23FN6O/c1-11-5-6-14(18)15(8-11)24-7-3-4-13(9-24)22-17(25)21-12(2)16-19-10-20-23-16/h5-6,8,10,12-13H,3-4,7,9H2,1-2H3,(H,19,20,23)(H2,21,22,25)/t12-,13-/m0/s1. The van der Waals surface area contributed by atoms with Crippen LogP contribution < -0.4 is 15.5 Å². The first-order chi connectivity index (χ1) is 12.0. The molecule has 2 atom stereocenters. The molecule has 1 aromatic carbocycles. The van der Waals surface area contributed by atoms with E-state index < -0.39 is 0 Å². The lowest BCUT2D eigenvalue weighted by Crippen LogP contribution is -2.51. The highest BCUT2D eigenvalue weighted by atomic mass is 19.1. The Morgan fingerprint density at radius 3 is 3.08 bits per heavy atom. The molecule has 2 heterocycles. The third-order valence-electron chi connectivity index (χ3n) is 4.39. The molecule has 2 amide bonds. The molecule has 1 fully saturated rings. The Hall–Kier alpha value is -2.64. The number of benzene rings is 1. The molecule has 0 unspecified atom stereocenters. The first kappa shape index (κ1) is 17.2.